The minimum Gasteiger partial charge on any atom is -0.378 e. The number of aryl methyl sites for hydroxylation is 1. The van der Waals surface area contributed by atoms with Crippen LogP contribution in [0.25, 0.3) is 0 Å². The fourth-order valence-corrected chi connectivity index (χ4v) is 4.16. The van der Waals surface area contributed by atoms with Crippen LogP contribution in [-0.2, 0) is 11.2 Å². The van der Waals surface area contributed by atoms with Gasteiger partial charge < -0.3 is 10.1 Å². The minimum atomic E-state index is 0.551. The van der Waals surface area contributed by atoms with Crippen LogP contribution in [0.5, 0.6) is 0 Å². The van der Waals surface area contributed by atoms with Crippen molar-refractivity contribution in [1.29, 1.82) is 0 Å². The predicted octanol–water partition coefficient (Wildman–Crippen LogP) is 3.67. The van der Waals surface area contributed by atoms with Crippen molar-refractivity contribution in [2.24, 2.45) is 0 Å². The molecule has 2 atom stereocenters. The Labute approximate surface area is 114 Å². The molecule has 0 spiro atoms. The molecule has 0 amide bonds. The Morgan fingerprint density at radius 2 is 2.33 bits per heavy atom. The number of nitrogens with one attached hydrogen (secondary N) is 1. The van der Waals surface area contributed by atoms with Gasteiger partial charge in [-0.2, -0.15) is 0 Å². The standard InChI is InChI=1S/C15H23NOS/c1-6-14(13-8-11-18-15(13)7-1)16-9-2-4-12-5-3-10-17-12/h8,11-12,14,16H,1-7,9-10H2. The summed E-state index contributed by atoms with van der Waals surface area (Å²) in [5, 5.41) is 5.99. The molecule has 100 valence electrons. The van der Waals surface area contributed by atoms with Gasteiger partial charge in [0.1, 0.15) is 0 Å². The van der Waals surface area contributed by atoms with Gasteiger partial charge in [0.2, 0.25) is 0 Å². The average Bonchev–Trinajstić information content (AvgIpc) is 3.05. The van der Waals surface area contributed by atoms with E-state index in [1.807, 2.05) is 11.3 Å². The van der Waals surface area contributed by atoms with Crippen molar-refractivity contribution in [2.75, 3.05) is 13.2 Å². The largest absolute Gasteiger partial charge is 0.378 e. The van der Waals surface area contributed by atoms with Gasteiger partial charge in [-0.25, -0.2) is 0 Å². The molecule has 1 saturated heterocycles. The highest BCUT2D eigenvalue weighted by Gasteiger charge is 2.20. The summed E-state index contributed by atoms with van der Waals surface area (Å²) >= 11 is 1.93. The van der Waals surface area contributed by atoms with Crippen LogP contribution in [0.15, 0.2) is 11.4 Å². The van der Waals surface area contributed by atoms with Crippen molar-refractivity contribution in [3.63, 3.8) is 0 Å². The van der Waals surface area contributed by atoms with Gasteiger partial charge in [0.15, 0.2) is 0 Å². The lowest BCUT2D eigenvalue weighted by molar-refractivity contribution is 0.102. The first-order valence-corrected chi connectivity index (χ1v) is 8.23. The number of hydrogen-bond donors (Lipinski definition) is 1. The van der Waals surface area contributed by atoms with Crippen LogP contribution < -0.4 is 5.32 Å². The zero-order valence-corrected chi connectivity index (χ0v) is 11.8. The summed E-state index contributed by atoms with van der Waals surface area (Å²) in [6.45, 7) is 2.12. The van der Waals surface area contributed by atoms with E-state index < -0.39 is 0 Å². The first-order valence-electron chi connectivity index (χ1n) is 7.35. The minimum absolute atomic E-state index is 0.551. The first-order chi connectivity index (χ1) is 8.93. The van der Waals surface area contributed by atoms with Crippen LogP contribution in [-0.4, -0.2) is 19.3 Å². The van der Waals surface area contributed by atoms with Gasteiger partial charge in [0, 0.05) is 17.5 Å². The quantitative estimate of drug-likeness (QED) is 0.820. The van der Waals surface area contributed by atoms with E-state index in [0.29, 0.717) is 12.1 Å². The molecule has 0 radical (unpaired) electrons. The molecule has 0 bridgehead atoms. The van der Waals surface area contributed by atoms with Gasteiger partial charge in [-0.1, -0.05) is 0 Å². The van der Waals surface area contributed by atoms with Gasteiger partial charge in [0.05, 0.1) is 6.10 Å². The predicted molar refractivity (Wildman–Crippen MR) is 76.2 cm³/mol. The van der Waals surface area contributed by atoms with Gasteiger partial charge in [0.25, 0.3) is 0 Å². The normalized spacial score (nSPS) is 27.3. The highest BCUT2D eigenvalue weighted by atomic mass is 32.1. The lowest BCUT2D eigenvalue weighted by atomic mass is 9.94. The summed E-state index contributed by atoms with van der Waals surface area (Å²) in [5.41, 5.74) is 1.57. The number of ether oxygens (including phenoxy) is 1. The van der Waals surface area contributed by atoms with Crippen LogP contribution in [0, 0.1) is 0 Å². The molecular formula is C15H23NOS. The summed E-state index contributed by atoms with van der Waals surface area (Å²) in [5.74, 6) is 0. The van der Waals surface area contributed by atoms with E-state index in [2.05, 4.69) is 16.8 Å². The molecule has 2 aliphatic rings. The van der Waals surface area contributed by atoms with Crippen molar-refractivity contribution in [3.8, 4) is 0 Å². The molecule has 1 fully saturated rings. The van der Waals surface area contributed by atoms with Gasteiger partial charge in [-0.3, -0.25) is 0 Å². The molecule has 2 unspecified atom stereocenters. The summed E-state index contributed by atoms with van der Waals surface area (Å²) in [4.78, 5) is 1.61. The highest BCUT2D eigenvalue weighted by Crippen LogP contribution is 2.33. The van der Waals surface area contributed by atoms with Crippen LogP contribution in [0.1, 0.15) is 55.0 Å². The maximum absolute atomic E-state index is 5.66. The zero-order valence-electron chi connectivity index (χ0n) is 11.0. The lowest BCUT2D eigenvalue weighted by Crippen LogP contribution is -2.25. The van der Waals surface area contributed by atoms with Crippen LogP contribution in [0.3, 0.4) is 0 Å². The SMILES string of the molecule is c1cc2c(s1)CCCC2NCCCC1CCCO1. The fourth-order valence-electron chi connectivity index (χ4n) is 3.18. The Balaban J connectivity index is 1.41. The summed E-state index contributed by atoms with van der Waals surface area (Å²) in [6, 6.07) is 2.93. The molecule has 18 heavy (non-hydrogen) atoms. The molecule has 2 nitrogen and oxygen atoms in total. The molecule has 2 heterocycles. The average molecular weight is 265 g/mol. The monoisotopic (exact) mass is 265 g/mol. The lowest BCUT2D eigenvalue weighted by Gasteiger charge is -2.24. The third-order valence-corrected chi connectivity index (χ3v) is 5.17. The summed E-state index contributed by atoms with van der Waals surface area (Å²) < 4.78 is 5.66. The smallest absolute Gasteiger partial charge is 0.0576 e. The molecule has 1 aromatic heterocycles. The Morgan fingerprint density at radius 3 is 3.22 bits per heavy atom. The highest BCUT2D eigenvalue weighted by molar-refractivity contribution is 7.10. The van der Waals surface area contributed by atoms with Crippen molar-refractivity contribution < 1.29 is 4.74 Å². The summed E-state index contributed by atoms with van der Waals surface area (Å²) in [7, 11) is 0. The van der Waals surface area contributed by atoms with E-state index in [0.717, 1.165) is 13.2 Å². The molecule has 0 aromatic carbocycles. The topological polar surface area (TPSA) is 21.3 Å². The van der Waals surface area contributed by atoms with Crippen LogP contribution >= 0.6 is 11.3 Å². The molecule has 3 heteroatoms. The number of rotatable bonds is 5. The van der Waals surface area contributed by atoms with Crippen LogP contribution in [0.2, 0.25) is 0 Å². The third-order valence-electron chi connectivity index (χ3n) is 4.17. The van der Waals surface area contributed by atoms with E-state index in [1.54, 1.807) is 10.4 Å². The second-order valence-electron chi connectivity index (χ2n) is 5.48. The molecule has 3 rings (SSSR count). The Kier molecular flexibility index (Phi) is 4.34. The van der Waals surface area contributed by atoms with E-state index in [1.165, 1.54) is 44.9 Å². The molecular weight excluding hydrogens is 242 g/mol. The Bertz CT molecular complexity index is 370. The second kappa shape index (κ2) is 6.18. The number of thiophene rings is 1. The Hall–Kier alpha value is -0.380. The van der Waals surface area contributed by atoms with E-state index in [4.69, 9.17) is 4.74 Å². The molecule has 1 aromatic rings. The maximum Gasteiger partial charge on any atom is 0.0576 e. The molecule has 1 N–H and O–H groups in total. The van der Waals surface area contributed by atoms with Gasteiger partial charge in [-0.15, -0.1) is 11.3 Å². The van der Waals surface area contributed by atoms with Crippen molar-refractivity contribution in [1.82, 2.24) is 5.32 Å². The van der Waals surface area contributed by atoms with Crippen molar-refractivity contribution in [2.45, 2.75) is 57.1 Å². The first kappa shape index (κ1) is 12.6. The zero-order chi connectivity index (χ0) is 12.2. The number of hydrogen-bond acceptors (Lipinski definition) is 3. The van der Waals surface area contributed by atoms with E-state index >= 15 is 0 Å². The van der Waals surface area contributed by atoms with E-state index in [9.17, 15) is 0 Å². The van der Waals surface area contributed by atoms with Gasteiger partial charge >= 0.3 is 0 Å². The fraction of sp³-hybridized carbons (Fsp3) is 0.733. The molecule has 1 aliphatic carbocycles. The van der Waals surface area contributed by atoms with Gasteiger partial charge in [-0.05, 0) is 68.5 Å². The third kappa shape index (κ3) is 2.95. The van der Waals surface area contributed by atoms with Crippen LogP contribution in [0.4, 0.5) is 0 Å². The molecule has 1 aliphatic heterocycles. The van der Waals surface area contributed by atoms with Crippen molar-refractivity contribution >= 4 is 11.3 Å². The van der Waals surface area contributed by atoms with Crippen molar-refractivity contribution in [3.05, 3.63) is 21.9 Å². The number of fused-ring (bicyclic) bond motifs is 1. The Morgan fingerprint density at radius 1 is 1.33 bits per heavy atom. The maximum atomic E-state index is 5.66. The second-order valence-corrected chi connectivity index (χ2v) is 6.48. The summed E-state index contributed by atoms with van der Waals surface area (Å²) in [6.07, 6.45) is 9.52. The van der Waals surface area contributed by atoms with E-state index in [-0.39, 0.29) is 0 Å². The molecule has 0 saturated carbocycles.